The molecule has 0 saturated heterocycles. The van der Waals surface area contributed by atoms with Gasteiger partial charge in [-0.1, -0.05) is 34.1 Å². The predicted molar refractivity (Wildman–Crippen MR) is 45.4 cm³/mol. The van der Waals surface area contributed by atoms with E-state index in [4.69, 9.17) is 5.11 Å². The molecule has 2 heteroatoms. The van der Waals surface area contributed by atoms with E-state index in [1.807, 2.05) is 6.92 Å². The maximum atomic E-state index is 10.6. The van der Waals surface area contributed by atoms with E-state index >= 15 is 0 Å². The molecule has 0 radical (unpaired) electrons. The molecule has 0 aliphatic heterocycles. The Morgan fingerprint density at radius 1 is 1.36 bits per heavy atom. The molecule has 0 aromatic carbocycles. The van der Waals surface area contributed by atoms with Crippen LogP contribution in [0.25, 0.3) is 0 Å². The Kier molecular flexibility index (Phi) is 4.16. The summed E-state index contributed by atoms with van der Waals surface area (Å²) >= 11 is 0. The molecule has 0 bridgehead atoms. The zero-order valence-corrected chi connectivity index (χ0v) is 7.79. The molecule has 0 amide bonds. The fraction of sp³-hybridized carbons (Fsp3) is 0.889. The van der Waals surface area contributed by atoms with E-state index in [2.05, 4.69) is 13.8 Å². The fourth-order valence-corrected chi connectivity index (χ4v) is 1.59. The van der Waals surface area contributed by atoms with Crippen LogP contribution < -0.4 is 0 Å². The van der Waals surface area contributed by atoms with Crippen molar-refractivity contribution in [2.45, 2.75) is 34.1 Å². The van der Waals surface area contributed by atoms with E-state index in [-0.39, 0.29) is 5.92 Å². The minimum absolute atomic E-state index is 0.208. The number of rotatable bonds is 4. The highest BCUT2D eigenvalue weighted by atomic mass is 16.4. The highest BCUT2D eigenvalue weighted by Gasteiger charge is 2.24. The van der Waals surface area contributed by atoms with Gasteiger partial charge in [0.05, 0.1) is 5.92 Å². The van der Waals surface area contributed by atoms with Gasteiger partial charge in [-0.2, -0.15) is 0 Å². The molecule has 0 saturated carbocycles. The molecule has 66 valence electrons. The van der Waals surface area contributed by atoms with Crippen LogP contribution >= 0.6 is 0 Å². The van der Waals surface area contributed by atoms with Gasteiger partial charge in [0, 0.05) is 0 Å². The molecular formula is C9H18O2. The Hall–Kier alpha value is -0.530. The van der Waals surface area contributed by atoms with Crippen molar-refractivity contribution in [3.8, 4) is 0 Å². The maximum Gasteiger partial charge on any atom is 0.306 e. The van der Waals surface area contributed by atoms with Gasteiger partial charge in [-0.25, -0.2) is 0 Å². The first-order chi connectivity index (χ1) is 5.00. The second-order valence-corrected chi connectivity index (χ2v) is 3.44. The number of aliphatic carboxylic acids is 1. The van der Waals surface area contributed by atoms with Crippen LogP contribution in [-0.4, -0.2) is 11.1 Å². The minimum atomic E-state index is -0.675. The third kappa shape index (κ3) is 2.91. The summed E-state index contributed by atoms with van der Waals surface area (Å²) in [6, 6.07) is 0. The Morgan fingerprint density at radius 2 is 1.82 bits per heavy atom. The van der Waals surface area contributed by atoms with Crippen molar-refractivity contribution in [3.05, 3.63) is 0 Å². The van der Waals surface area contributed by atoms with Gasteiger partial charge in [0.25, 0.3) is 0 Å². The van der Waals surface area contributed by atoms with Crippen molar-refractivity contribution in [2.24, 2.45) is 17.8 Å². The van der Waals surface area contributed by atoms with Crippen molar-refractivity contribution < 1.29 is 9.90 Å². The molecule has 2 atom stereocenters. The maximum absolute atomic E-state index is 10.6. The van der Waals surface area contributed by atoms with E-state index in [1.54, 1.807) is 6.92 Å². The van der Waals surface area contributed by atoms with Gasteiger partial charge in [-0.3, -0.25) is 4.79 Å². The van der Waals surface area contributed by atoms with E-state index in [9.17, 15) is 4.79 Å². The third-order valence-electron chi connectivity index (χ3n) is 2.36. The lowest BCUT2D eigenvalue weighted by molar-refractivity contribution is -0.143. The molecule has 0 aromatic rings. The first-order valence-corrected chi connectivity index (χ1v) is 4.23. The van der Waals surface area contributed by atoms with Crippen LogP contribution in [0, 0.1) is 17.8 Å². The molecule has 2 unspecified atom stereocenters. The Bertz CT molecular complexity index is 130. The Balaban J connectivity index is 4.13. The van der Waals surface area contributed by atoms with Gasteiger partial charge < -0.3 is 5.11 Å². The summed E-state index contributed by atoms with van der Waals surface area (Å²) in [4.78, 5) is 10.6. The van der Waals surface area contributed by atoms with Crippen LogP contribution in [0.5, 0.6) is 0 Å². The second-order valence-electron chi connectivity index (χ2n) is 3.44. The lowest BCUT2D eigenvalue weighted by atomic mass is 9.83. The molecule has 0 aliphatic rings. The van der Waals surface area contributed by atoms with Crippen molar-refractivity contribution >= 4 is 5.97 Å². The van der Waals surface area contributed by atoms with E-state index in [0.29, 0.717) is 11.8 Å². The van der Waals surface area contributed by atoms with Gasteiger partial charge in [0.1, 0.15) is 0 Å². The minimum Gasteiger partial charge on any atom is -0.481 e. The van der Waals surface area contributed by atoms with Gasteiger partial charge in [-0.15, -0.1) is 0 Å². The normalized spacial score (nSPS) is 16.5. The van der Waals surface area contributed by atoms with Crippen LogP contribution in [0.1, 0.15) is 34.1 Å². The first kappa shape index (κ1) is 10.5. The topological polar surface area (TPSA) is 37.3 Å². The lowest BCUT2D eigenvalue weighted by Gasteiger charge is -2.22. The molecule has 1 N–H and O–H groups in total. The van der Waals surface area contributed by atoms with Crippen LogP contribution in [0.2, 0.25) is 0 Å². The summed E-state index contributed by atoms with van der Waals surface area (Å²) in [6.45, 7) is 7.99. The highest BCUT2D eigenvalue weighted by Crippen LogP contribution is 2.23. The van der Waals surface area contributed by atoms with E-state index in [1.165, 1.54) is 0 Å². The van der Waals surface area contributed by atoms with Crippen LogP contribution in [0.15, 0.2) is 0 Å². The molecule has 0 heterocycles. The predicted octanol–water partition coefficient (Wildman–Crippen LogP) is 2.39. The average Bonchev–Trinajstić information content (AvgIpc) is 1.88. The average molecular weight is 158 g/mol. The second kappa shape index (κ2) is 4.37. The number of carboxylic acid groups (broad SMARTS) is 1. The molecule has 0 fully saturated rings. The summed E-state index contributed by atoms with van der Waals surface area (Å²) in [7, 11) is 0. The quantitative estimate of drug-likeness (QED) is 0.682. The summed E-state index contributed by atoms with van der Waals surface area (Å²) in [5, 5.41) is 8.73. The van der Waals surface area contributed by atoms with Crippen molar-refractivity contribution in [3.63, 3.8) is 0 Å². The molecule has 0 aromatic heterocycles. The third-order valence-corrected chi connectivity index (χ3v) is 2.36. The largest absolute Gasteiger partial charge is 0.481 e. The van der Waals surface area contributed by atoms with Crippen LogP contribution in [0.4, 0.5) is 0 Å². The Morgan fingerprint density at radius 3 is 1.91 bits per heavy atom. The summed E-state index contributed by atoms with van der Waals surface area (Å²) < 4.78 is 0. The summed E-state index contributed by atoms with van der Waals surface area (Å²) in [5.74, 6) is -0.107. The monoisotopic (exact) mass is 158 g/mol. The van der Waals surface area contributed by atoms with Crippen molar-refractivity contribution in [1.82, 2.24) is 0 Å². The fourth-order valence-electron chi connectivity index (χ4n) is 1.59. The van der Waals surface area contributed by atoms with Gasteiger partial charge in [0.2, 0.25) is 0 Å². The molecule has 0 rings (SSSR count). The SMILES string of the molecule is CCC(C(C)C)C(C)C(=O)O. The number of hydrogen-bond acceptors (Lipinski definition) is 1. The number of carbonyl (C=O) groups is 1. The molecule has 0 aliphatic carbocycles. The summed E-state index contributed by atoms with van der Waals surface area (Å²) in [5.41, 5.74) is 0. The van der Waals surface area contributed by atoms with Crippen molar-refractivity contribution in [1.29, 1.82) is 0 Å². The summed E-state index contributed by atoms with van der Waals surface area (Å²) in [6.07, 6.45) is 0.950. The first-order valence-electron chi connectivity index (χ1n) is 4.23. The smallest absolute Gasteiger partial charge is 0.306 e. The zero-order chi connectivity index (χ0) is 9.02. The van der Waals surface area contributed by atoms with Gasteiger partial charge >= 0.3 is 5.97 Å². The van der Waals surface area contributed by atoms with Crippen LogP contribution in [-0.2, 0) is 4.79 Å². The standard InChI is InChI=1S/C9H18O2/c1-5-8(6(2)3)7(4)9(10)11/h6-8H,5H2,1-4H3,(H,10,11). The molecular weight excluding hydrogens is 140 g/mol. The lowest BCUT2D eigenvalue weighted by Crippen LogP contribution is -2.24. The van der Waals surface area contributed by atoms with Crippen molar-refractivity contribution in [2.75, 3.05) is 0 Å². The number of carboxylic acids is 1. The number of hydrogen-bond donors (Lipinski definition) is 1. The molecule has 11 heavy (non-hydrogen) atoms. The molecule has 2 nitrogen and oxygen atoms in total. The van der Waals surface area contributed by atoms with E-state index < -0.39 is 5.97 Å². The Labute approximate surface area is 68.6 Å². The zero-order valence-electron chi connectivity index (χ0n) is 7.79. The van der Waals surface area contributed by atoms with E-state index in [0.717, 1.165) is 6.42 Å². The van der Waals surface area contributed by atoms with Gasteiger partial charge in [0.15, 0.2) is 0 Å². The molecule has 0 spiro atoms. The highest BCUT2D eigenvalue weighted by molar-refractivity contribution is 5.69. The van der Waals surface area contributed by atoms with Crippen LogP contribution in [0.3, 0.4) is 0 Å². The van der Waals surface area contributed by atoms with Gasteiger partial charge in [-0.05, 0) is 11.8 Å².